The van der Waals surface area contributed by atoms with Crippen LogP contribution in [0.1, 0.15) is 11.1 Å². The van der Waals surface area contributed by atoms with Crippen molar-refractivity contribution in [1.82, 2.24) is 5.32 Å². The smallest absolute Gasteiger partial charge is 0.389 e. The van der Waals surface area contributed by atoms with Gasteiger partial charge in [-0.3, -0.25) is 0 Å². The fraction of sp³-hybridized carbons (Fsp3) is 0.500. The van der Waals surface area contributed by atoms with Crippen LogP contribution in [-0.4, -0.2) is 31.5 Å². The molecule has 1 aromatic rings. The average molecular weight is 263 g/mol. The van der Waals surface area contributed by atoms with Crippen LogP contribution in [0.25, 0.3) is 0 Å². The predicted octanol–water partition coefficient (Wildman–Crippen LogP) is 1.80. The quantitative estimate of drug-likeness (QED) is 0.822. The van der Waals surface area contributed by atoms with Gasteiger partial charge in [-0.15, -0.1) is 0 Å². The van der Waals surface area contributed by atoms with Gasteiger partial charge in [0.05, 0.1) is 18.3 Å². The molecule has 1 aromatic carbocycles. The maximum atomic E-state index is 12.4. The van der Waals surface area contributed by atoms with E-state index in [1.807, 2.05) is 0 Å². The zero-order valence-electron chi connectivity index (χ0n) is 10.00. The molecule has 102 valence electrons. The van der Waals surface area contributed by atoms with E-state index in [9.17, 15) is 18.3 Å². The maximum absolute atomic E-state index is 12.4. The van der Waals surface area contributed by atoms with Crippen LogP contribution in [-0.2, 0) is 17.5 Å². The Balaban J connectivity index is 2.48. The van der Waals surface area contributed by atoms with E-state index in [1.165, 1.54) is 13.2 Å². The lowest BCUT2D eigenvalue weighted by atomic mass is 10.1. The molecule has 0 aliphatic rings. The maximum Gasteiger partial charge on any atom is 0.416 e. The Kier molecular flexibility index (Phi) is 5.58. The molecule has 0 heterocycles. The van der Waals surface area contributed by atoms with Crippen LogP contribution in [0.3, 0.4) is 0 Å². The fourth-order valence-electron chi connectivity index (χ4n) is 1.49. The first-order chi connectivity index (χ1) is 8.43. The topological polar surface area (TPSA) is 41.5 Å². The summed E-state index contributed by atoms with van der Waals surface area (Å²) in [5.41, 5.74) is -0.145. The molecule has 0 amide bonds. The van der Waals surface area contributed by atoms with Crippen LogP contribution < -0.4 is 5.32 Å². The summed E-state index contributed by atoms with van der Waals surface area (Å²) in [5, 5.41) is 12.2. The van der Waals surface area contributed by atoms with Crippen molar-refractivity contribution >= 4 is 0 Å². The number of aliphatic hydroxyl groups excluding tert-OH is 1. The average Bonchev–Trinajstić information content (AvgIpc) is 2.29. The standard InChI is InChI=1S/C12H16F3NO2/c1-18-8-11(17)7-16-6-9-3-2-4-10(5-9)12(13,14)15/h2-5,11,16-17H,6-8H2,1H3. The Morgan fingerprint density at radius 1 is 1.39 bits per heavy atom. The number of aliphatic hydroxyl groups is 1. The second-order valence-corrected chi connectivity index (χ2v) is 3.94. The summed E-state index contributed by atoms with van der Waals surface area (Å²) in [4.78, 5) is 0. The third kappa shape index (κ3) is 5.03. The molecular formula is C12H16F3NO2. The first-order valence-electron chi connectivity index (χ1n) is 5.47. The summed E-state index contributed by atoms with van der Waals surface area (Å²) in [5.74, 6) is 0. The summed E-state index contributed by atoms with van der Waals surface area (Å²) in [6, 6.07) is 5.09. The third-order valence-corrected chi connectivity index (χ3v) is 2.32. The number of hydrogen-bond acceptors (Lipinski definition) is 3. The third-order valence-electron chi connectivity index (χ3n) is 2.32. The molecule has 0 aromatic heterocycles. The minimum atomic E-state index is -4.33. The van der Waals surface area contributed by atoms with Gasteiger partial charge in [-0.25, -0.2) is 0 Å². The first-order valence-corrected chi connectivity index (χ1v) is 5.47. The molecule has 1 unspecified atom stereocenters. The number of hydrogen-bond donors (Lipinski definition) is 2. The molecule has 1 rings (SSSR count). The van der Waals surface area contributed by atoms with E-state index in [0.717, 1.165) is 12.1 Å². The normalized spacial score (nSPS) is 13.6. The Morgan fingerprint density at radius 2 is 2.11 bits per heavy atom. The lowest BCUT2D eigenvalue weighted by Gasteiger charge is -2.12. The summed E-state index contributed by atoms with van der Waals surface area (Å²) in [6.45, 7) is 0.727. The molecule has 0 radical (unpaired) electrons. The highest BCUT2D eigenvalue weighted by atomic mass is 19.4. The van der Waals surface area contributed by atoms with Gasteiger partial charge in [-0.2, -0.15) is 13.2 Å². The zero-order chi connectivity index (χ0) is 13.6. The van der Waals surface area contributed by atoms with Gasteiger partial charge in [0, 0.05) is 20.2 Å². The van der Waals surface area contributed by atoms with Gasteiger partial charge in [-0.05, 0) is 11.6 Å². The monoisotopic (exact) mass is 263 g/mol. The van der Waals surface area contributed by atoms with Crippen molar-refractivity contribution in [3.05, 3.63) is 35.4 Å². The molecule has 0 aliphatic heterocycles. The minimum absolute atomic E-state index is 0.190. The second kappa shape index (κ2) is 6.72. The van der Waals surface area contributed by atoms with E-state index < -0.39 is 17.8 Å². The highest BCUT2D eigenvalue weighted by molar-refractivity contribution is 5.25. The highest BCUT2D eigenvalue weighted by Gasteiger charge is 2.30. The van der Waals surface area contributed by atoms with Crippen molar-refractivity contribution in [2.24, 2.45) is 0 Å². The van der Waals surface area contributed by atoms with Gasteiger partial charge in [0.25, 0.3) is 0 Å². The van der Waals surface area contributed by atoms with E-state index in [4.69, 9.17) is 4.74 Å². The van der Waals surface area contributed by atoms with Gasteiger partial charge >= 0.3 is 6.18 Å². The molecule has 0 spiro atoms. The minimum Gasteiger partial charge on any atom is -0.389 e. The molecule has 0 saturated heterocycles. The van der Waals surface area contributed by atoms with Crippen molar-refractivity contribution in [3.8, 4) is 0 Å². The number of alkyl halides is 3. The number of rotatable bonds is 6. The van der Waals surface area contributed by atoms with E-state index in [2.05, 4.69) is 5.32 Å². The molecule has 0 saturated carbocycles. The number of ether oxygens (including phenoxy) is 1. The van der Waals surface area contributed by atoms with Gasteiger partial charge in [0.2, 0.25) is 0 Å². The Bertz CT molecular complexity index is 369. The molecule has 1 atom stereocenters. The number of methoxy groups -OCH3 is 1. The van der Waals surface area contributed by atoms with Crippen LogP contribution in [0.4, 0.5) is 13.2 Å². The number of nitrogens with one attached hydrogen (secondary N) is 1. The van der Waals surface area contributed by atoms with Crippen molar-refractivity contribution in [2.75, 3.05) is 20.3 Å². The van der Waals surface area contributed by atoms with E-state index in [0.29, 0.717) is 5.56 Å². The van der Waals surface area contributed by atoms with Crippen molar-refractivity contribution in [1.29, 1.82) is 0 Å². The van der Waals surface area contributed by atoms with Crippen molar-refractivity contribution in [3.63, 3.8) is 0 Å². The van der Waals surface area contributed by atoms with Gasteiger partial charge in [0.1, 0.15) is 0 Å². The molecule has 0 bridgehead atoms. The molecule has 3 nitrogen and oxygen atoms in total. The summed E-state index contributed by atoms with van der Waals surface area (Å²) < 4.78 is 42.1. The lowest BCUT2D eigenvalue weighted by Crippen LogP contribution is -2.29. The molecule has 0 fully saturated rings. The van der Waals surface area contributed by atoms with Crippen LogP contribution in [0, 0.1) is 0 Å². The van der Waals surface area contributed by atoms with Crippen molar-refractivity contribution < 1.29 is 23.0 Å². The van der Waals surface area contributed by atoms with Gasteiger partial charge < -0.3 is 15.2 Å². The highest BCUT2D eigenvalue weighted by Crippen LogP contribution is 2.29. The Morgan fingerprint density at radius 3 is 2.72 bits per heavy atom. The molecular weight excluding hydrogens is 247 g/mol. The number of halogens is 3. The SMILES string of the molecule is COCC(O)CNCc1cccc(C(F)(F)F)c1. The second-order valence-electron chi connectivity index (χ2n) is 3.94. The van der Waals surface area contributed by atoms with Gasteiger partial charge in [-0.1, -0.05) is 18.2 Å². The number of benzene rings is 1. The van der Waals surface area contributed by atoms with Crippen LogP contribution >= 0.6 is 0 Å². The molecule has 2 N–H and O–H groups in total. The summed E-state index contributed by atoms with van der Waals surface area (Å²) >= 11 is 0. The zero-order valence-corrected chi connectivity index (χ0v) is 10.00. The largest absolute Gasteiger partial charge is 0.416 e. The van der Waals surface area contributed by atoms with Crippen LogP contribution in [0.5, 0.6) is 0 Å². The first kappa shape index (κ1) is 14.9. The summed E-state index contributed by atoms with van der Waals surface area (Å²) in [6.07, 6.45) is -4.99. The van der Waals surface area contributed by atoms with Crippen molar-refractivity contribution in [2.45, 2.75) is 18.8 Å². The van der Waals surface area contributed by atoms with Gasteiger partial charge in [0.15, 0.2) is 0 Å². The Labute approximate surface area is 104 Å². The molecule has 0 aliphatic carbocycles. The predicted molar refractivity (Wildman–Crippen MR) is 61.0 cm³/mol. The fourth-order valence-corrected chi connectivity index (χ4v) is 1.49. The van der Waals surface area contributed by atoms with Crippen LogP contribution in [0.2, 0.25) is 0 Å². The Hall–Kier alpha value is -1.11. The van der Waals surface area contributed by atoms with Crippen LogP contribution in [0.15, 0.2) is 24.3 Å². The van der Waals surface area contributed by atoms with E-state index in [-0.39, 0.29) is 19.7 Å². The lowest BCUT2D eigenvalue weighted by molar-refractivity contribution is -0.137. The van der Waals surface area contributed by atoms with E-state index >= 15 is 0 Å². The van der Waals surface area contributed by atoms with E-state index in [1.54, 1.807) is 6.07 Å². The molecule has 18 heavy (non-hydrogen) atoms. The summed E-state index contributed by atoms with van der Waals surface area (Å²) in [7, 11) is 1.47. The molecule has 6 heteroatoms.